The molecule has 1 atom stereocenters. The molecule has 1 saturated heterocycles. The number of likely N-dealkylation sites (N-methyl/N-ethyl adjacent to an activating group) is 1. The monoisotopic (exact) mass is 394 g/mol. The molecular weight excluding hydrogens is 368 g/mol. The Morgan fingerprint density at radius 2 is 2.17 bits per heavy atom. The van der Waals surface area contributed by atoms with Crippen LogP contribution in [0, 0.1) is 5.92 Å². The first-order valence-electron chi connectivity index (χ1n) is 10.1. The van der Waals surface area contributed by atoms with Crippen molar-refractivity contribution in [2.45, 2.75) is 31.7 Å². The van der Waals surface area contributed by atoms with E-state index in [0.717, 1.165) is 48.3 Å². The topological polar surface area (TPSA) is 76.7 Å². The van der Waals surface area contributed by atoms with Gasteiger partial charge in [0, 0.05) is 37.3 Å². The van der Waals surface area contributed by atoms with E-state index in [1.54, 1.807) is 10.7 Å². The van der Waals surface area contributed by atoms with Gasteiger partial charge >= 0.3 is 0 Å². The van der Waals surface area contributed by atoms with E-state index in [2.05, 4.69) is 34.4 Å². The number of hydrogen-bond donors (Lipinski definition) is 1. The van der Waals surface area contributed by atoms with Crippen LogP contribution in [0.15, 0.2) is 30.6 Å². The summed E-state index contributed by atoms with van der Waals surface area (Å²) in [6.07, 6.45) is 6.76. The Kier molecular flexibility index (Phi) is 4.13. The van der Waals surface area contributed by atoms with E-state index in [1.165, 1.54) is 0 Å². The predicted molar refractivity (Wildman–Crippen MR) is 110 cm³/mol. The number of rotatable bonds is 6. The van der Waals surface area contributed by atoms with Crippen molar-refractivity contribution in [3.63, 3.8) is 0 Å². The molecule has 29 heavy (non-hydrogen) atoms. The molecular formula is C21H26N6O2. The first-order chi connectivity index (χ1) is 13.9. The predicted octanol–water partition coefficient (Wildman–Crippen LogP) is 2.56. The molecule has 1 amide bonds. The summed E-state index contributed by atoms with van der Waals surface area (Å²) >= 11 is 0. The quantitative estimate of drug-likeness (QED) is 0.695. The van der Waals surface area contributed by atoms with Crippen molar-refractivity contribution in [3.05, 3.63) is 30.6 Å². The van der Waals surface area contributed by atoms with Crippen LogP contribution in [0.5, 0.6) is 5.75 Å². The third-order valence-corrected chi connectivity index (χ3v) is 6.29. The van der Waals surface area contributed by atoms with Gasteiger partial charge in [0.15, 0.2) is 11.6 Å². The first kappa shape index (κ1) is 18.2. The lowest BCUT2D eigenvalue weighted by atomic mass is 9.88. The number of carbonyl (C=O) groups excluding carboxylic acids is 1. The fourth-order valence-corrected chi connectivity index (χ4v) is 3.76. The van der Waals surface area contributed by atoms with Crippen LogP contribution in [-0.4, -0.2) is 55.9 Å². The van der Waals surface area contributed by atoms with Crippen LogP contribution < -0.4 is 10.1 Å². The maximum Gasteiger partial charge on any atom is 0.228 e. The number of nitrogens with zero attached hydrogens (tertiary/aromatic N) is 5. The number of fused-ring (bicyclic) bond motifs is 1. The maximum absolute atomic E-state index is 12.0. The van der Waals surface area contributed by atoms with Crippen LogP contribution in [0.3, 0.4) is 0 Å². The summed E-state index contributed by atoms with van der Waals surface area (Å²) in [5, 5.41) is 11.8. The molecule has 8 heteroatoms. The summed E-state index contributed by atoms with van der Waals surface area (Å²) in [6.45, 7) is 3.97. The summed E-state index contributed by atoms with van der Waals surface area (Å²) in [7, 11) is 4.05. The molecule has 4 heterocycles. The average Bonchev–Trinajstić information content (AvgIpc) is 3.39. The van der Waals surface area contributed by atoms with Crippen molar-refractivity contribution in [3.8, 4) is 17.0 Å². The molecule has 1 aliphatic carbocycles. The maximum atomic E-state index is 12.0. The van der Waals surface area contributed by atoms with Gasteiger partial charge in [0.1, 0.15) is 12.3 Å². The van der Waals surface area contributed by atoms with E-state index in [9.17, 15) is 4.79 Å². The highest BCUT2D eigenvalue weighted by Crippen LogP contribution is 2.34. The number of nitrogens with one attached hydrogen (secondary N) is 1. The number of aromatic nitrogens is 4. The van der Waals surface area contributed by atoms with Crippen molar-refractivity contribution < 1.29 is 9.53 Å². The Labute approximate surface area is 169 Å². The lowest BCUT2D eigenvalue weighted by molar-refractivity contribution is -0.117. The van der Waals surface area contributed by atoms with Crippen molar-refractivity contribution >= 4 is 17.2 Å². The fraction of sp³-hybridized carbons (Fsp3) is 0.476. The molecule has 0 unspecified atom stereocenters. The van der Waals surface area contributed by atoms with Crippen LogP contribution in [0.2, 0.25) is 0 Å². The number of likely N-dealkylation sites (tertiary alicyclic amines) is 1. The SMILES string of the molecule is CN1CC[C@]1(C)COc1cnn(C)c1-c1ccn2nc(NC(=O)C3CC3)cc2c1. The third kappa shape index (κ3) is 3.27. The Hall–Kier alpha value is -2.87. The first-order valence-corrected chi connectivity index (χ1v) is 10.1. The van der Waals surface area contributed by atoms with Crippen molar-refractivity contribution in [2.75, 3.05) is 25.5 Å². The number of aryl methyl sites for hydroxylation is 1. The van der Waals surface area contributed by atoms with E-state index in [1.807, 2.05) is 36.1 Å². The second-order valence-corrected chi connectivity index (χ2v) is 8.52. The second kappa shape index (κ2) is 6.59. The van der Waals surface area contributed by atoms with Crippen LogP contribution in [0.1, 0.15) is 26.2 Å². The van der Waals surface area contributed by atoms with Gasteiger partial charge in [-0.2, -0.15) is 10.2 Å². The fourth-order valence-electron chi connectivity index (χ4n) is 3.76. The summed E-state index contributed by atoms with van der Waals surface area (Å²) in [4.78, 5) is 14.3. The highest BCUT2D eigenvalue weighted by molar-refractivity contribution is 5.93. The normalized spacial score (nSPS) is 21.9. The Bertz CT molecular complexity index is 1080. The second-order valence-electron chi connectivity index (χ2n) is 8.52. The van der Waals surface area contributed by atoms with Gasteiger partial charge in [-0.15, -0.1) is 0 Å². The highest BCUT2D eigenvalue weighted by Gasteiger charge is 2.38. The Balaban J connectivity index is 1.40. The van der Waals surface area contributed by atoms with E-state index in [-0.39, 0.29) is 17.4 Å². The van der Waals surface area contributed by atoms with E-state index in [0.29, 0.717) is 12.4 Å². The zero-order valence-electron chi connectivity index (χ0n) is 17.1. The van der Waals surface area contributed by atoms with E-state index in [4.69, 9.17) is 4.74 Å². The molecule has 2 fully saturated rings. The molecule has 3 aromatic rings. The summed E-state index contributed by atoms with van der Waals surface area (Å²) in [6, 6.07) is 5.93. The number of ether oxygens (including phenoxy) is 1. The smallest absolute Gasteiger partial charge is 0.228 e. The zero-order chi connectivity index (χ0) is 20.2. The van der Waals surface area contributed by atoms with Crippen LogP contribution in [-0.2, 0) is 11.8 Å². The number of hydrogen-bond acceptors (Lipinski definition) is 5. The van der Waals surface area contributed by atoms with E-state index < -0.39 is 0 Å². The average molecular weight is 394 g/mol. The van der Waals surface area contributed by atoms with Crippen molar-refractivity contribution in [1.29, 1.82) is 0 Å². The van der Waals surface area contributed by atoms with Gasteiger partial charge in [-0.05, 0) is 45.4 Å². The van der Waals surface area contributed by atoms with Gasteiger partial charge in [-0.1, -0.05) is 0 Å². The minimum atomic E-state index is 0.0606. The third-order valence-electron chi connectivity index (χ3n) is 6.29. The molecule has 0 bridgehead atoms. The Morgan fingerprint density at radius 3 is 2.86 bits per heavy atom. The minimum Gasteiger partial charge on any atom is -0.488 e. The van der Waals surface area contributed by atoms with Gasteiger partial charge in [0.2, 0.25) is 5.91 Å². The van der Waals surface area contributed by atoms with Crippen molar-refractivity contribution in [2.24, 2.45) is 13.0 Å². The summed E-state index contributed by atoms with van der Waals surface area (Å²) in [5.74, 6) is 1.58. The molecule has 152 valence electrons. The van der Waals surface area contributed by atoms with Crippen LogP contribution >= 0.6 is 0 Å². The Morgan fingerprint density at radius 1 is 1.34 bits per heavy atom. The van der Waals surface area contributed by atoms with Gasteiger partial charge < -0.3 is 10.1 Å². The van der Waals surface area contributed by atoms with E-state index >= 15 is 0 Å². The molecule has 0 spiro atoms. The van der Waals surface area contributed by atoms with Crippen LogP contribution in [0.25, 0.3) is 16.8 Å². The number of pyridine rings is 1. The largest absolute Gasteiger partial charge is 0.488 e. The van der Waals surface area contributed by atoms with Gasteiger partial charge in [0.05, 0.1) is 17.3 Å². The minimum absolute atomic E-state index is 0.0606. The molecule has 1 saturated carbocycles. The van der Waals surface area contributed by atoms with Gasteiger partial charge in [-0.3, -0.25) is 14.4 Å². The molecule has 2 aliphatic rings. The molecule has 1 aliphatic heterocycles. The zero-order valence-corrected chi connectivity index (χ0v) is 17.1. The lowest BCUT2D eigenvalue weighted by Gasteiger charge is -2.48. The molecule has 0 radical (unpaired) electrons. The molecule has 0 aromatic carbocycles. The standard InChI is InChI=1S/C21H26N6O2/c1-21(7-9-25(21)2)13-29-17-12-22-26(3)19(17)15-6-8-27-16(10-15)11-18(24-27)23-20(28)14-4-5-14/h6,8,10-12,14H,4-5,7,9,13H2,1-3H3,(H,23,24,28)/t21-/m1/s1. The number of anilines is 1. The van der Waals surface area contributed by atoms with Gasteiger partial charge in [-0.25, -0.2) is 4.52 Å². The molecule has 1 N–H and O–H groups in total. The van der Waals surface area contributed by atoms with Crippen molar-refractivity contribution in [1.82, 2.24) is 24.3 Å². The molecule has 8 nitrogen and oxygen atoms in total. The lowest BCUT2D eigenvalue weighted by Crippen LogP contribution is -2.58. The molecule has 3 aromatic heterocycles. The summed E-state index contributed by atoms with van der Waals surface area (Å²) < 4.78 is 9.79. The number of amides is 1. The summed E-state index contributed by atoms with van der Waals surface area (Å²) in [5.41, 5.74) is 2.92. The highest BCUT2D eigenvalue weighted by atomic mass is 16.5. The van der Waals surface area contributed by atoms with Crippen LogP contribution in [0.4, 0.5) is 5.82 Å². The van der Waals surface area contributed by atoms with Gasteiger partial charge in [0.25, 0.3) is 0 Å². The molecule has 5 rings (SSSR count). The number of carbonyl (C=O) groups is 1.